The zero-order chi connectivity index (χ0) is 22.8. The number of methoxy groups -OCH3 is 1. The molecule has 0 aliphatic carbocycles. The number of aromatic nitrogens is 3. The maximum Gasteiger partial charge on any atom is 0.242 e. The molecule has 1 aromatic heterocycles. The second-order valence-corrected chi connectivity index (χ2v) is 9.40. The Morgan fingerprint density at radius 2 is 1.81 bits per heavy atom. The molecule has 0 saturated heterocycles. The Balaban J connectivity index is 1.82. The molecule has 31 heavy (non-hydrogen) atoms. The summed E-state index contributed by atoms with van der Waals surface area (Å²) in [5.74, 6) is -0.0113. The Labute approximate surface area is 181 Å². The quantitative estimate of drug-likeness (QED) is 0.601. The molecule has 164 valence electrons. The second-order valence-electron chi connectivity index (χ2n) is 7.24. The molecule has 9 nitrogen and oxygen atoms in total. The number of benzene rings is 2. The Hall–Kier alpha value is -3.24. The summed E-state index contributed by atoms with van der Waals surface area (Å²) in [5.41, 5.74) is 3.52. The van der Waals surface area contributed by atoms with Crippen molar-refractivity contribution in [2.75, 3.05) is 26.5 Å². The molecule has 0 atom stereocenters. The summed E-state index contributed by atoms with van der Waals surface area (Å²) in [6.45, 7) is 3.84. The van der Waals surface area contributed by atoms with Crippen LogP contribution in [0.15, 0.2) is 47.4 Å². The number of ether oxygens (including phenoxy) is 1. The first-order valence-corrected chi connectivity index (χ1v) is 11.0. The van der Waals surface area contributed by atoms with Crippen LogP contribution < -0.4 is 10.1 Å². The lowest BCUT2D eigenvalue weighted by Crippen LogP contribution is -2.22. The predicted octanol–water partition coefficient (Wildman–Crippen LogP) is 2.32. The summed E-state index contributed by atoms with van der Waals surface area (Å²) in [6.07, 6.45) is -0.0223. The van der Waals surface area contributed by atoms with Gasteiger partial charge in [-0.1, -0.05) is 22.9 Å². The van der Waals surface area contributed by atoms with E-state index in [2.05, 4.69) is 15.6 Å². The van der Waals surface area contributed by atoms with Crippen LogP contribution in [0.25, 0.3) is 5.69 Å². The highest BCUT2D eigenvalue weighted by Gasteiger charge is 2.21. The Bertz CT molecular complexity index is 1200. The minimum absolute atomic E-state index is 0.0223. The van der Waals surface area contributed by atoms with Gasteiger partial charge in [0.1, 0.15) is 5.75 Å². The molecule has 3 aromatic rings. The fraction of sp³-hybridized carbons (Fsp3) is 0.286. The number of sulfonamides is 1. The summed E-state index contributed by atoms with van der Waals surface area (Å²) in [4.78, 5) is 12.7. The second kappa shape index (κ2) is 8.86. The smallest absolute Gasteiger partial charge is 0.242 e. The van der Waals surface area contributed by atoms with Gasteiger partial charge >= 0.3 is 0 Å². The molecule has 0 saturated carbocycles. The van der Waals surface area contributed by atoms with Crippen molar-refractivity contribution in [1.82, 2.24) is 19.3 Å². The van der Waals surface area contributed by atoms with Crippen LogP contribution in [-0.4, -0.2) is 54.8 Å². The third-order valence-electron chi connectivity index (χ3n) is 4.82. The SMILES string of the molecule is COc1ccc(S(=O)(=O)N(C)C)cc1NC(=O)Cc1nnn(-c2ccc(C)cc2)c1C. The minimum Gasteiger partial charge on any atom is -0.495 e. The highest BCUT2D eigenvalue weighted by atomic mass is 32.2. The van der Waals surface area contributed by atoms with Crippen molar-refractivity contribution < 1.29 is 17.9 Å². The fourth-order valence-corrected chi connectivity index (χ4v) is 3.89. The normalized spacial score (nSPS) is 11.5. The van der Waals surface area contributed by atoms with Crippen LogP contribution in [0.1, 0.15) is 17.0 Å². The van der Waals surface area contributed by atoms with Crippen molar-refractivity contribution in [2.45, 2.75) is 25.2 Å². The number of rotatable bonds is 7. The number of nitrogens with one attached hydrogen (secondary N) is 1. The van der Waals surface area contributed by atoms with E-state index in [9.17, 15) is 13.2 Å². The first-order valence-electron chi connectivity index (χ1n) is 9.52. The Kier molecular flexibility index (Phi) is 6.42. The highest BCUT2D eigenvalue weighted by molar-refractivity contribution is 7.89. The van der Waals surface area contributed by atoms with Crippen LogP contribution in [0.5, 0.6) is 5.75 Å². The summed E-state index contributed by atoms with van der Waals surface area (Å²) in [5, 5.41) is 11.0. The van der Waals surface area contributed by atoms with E-state index >= 15 is 0 Å². The largest absolute Gasteiger partial charge is 0.495 e. The van der Waals surface area contributed by atoms with Gasteiger partial charge in [0.05, 0.1) is 41.2 Å². The first kappa shape index (κ1) is 22.4. The van der Waals surface area contributed by atoms with Crippen LogP contribution in [0.4, 0.5) is 5.69 Å². The van der Waals surface area contributed by atoms with Gasteiger partial charge in [-0.25, -0.2) is 17.4 Å². The molecule has 0 bridgehead atoms. The standard InChI is InChI=1S/C21H25N5O4S/c1-14-6-8-16(9-7-14)26-15(2)18(23-24-26)13-21(27)22-19-12-17(10-11-20(19)30-5)31(28,29)25(3)4/h6-12H,13H2,1-5H3,(H,22,27). The molecule has 0 fully saturated rings. The van der Waals surface area contributed by atoms with E-state index in [4.69, 9.17) is 4.74 Å². The van der Waals surface area contributed by atoms with E-state index in [1.165, 1.54) is 39.4 Å². The van der Waals surface area contributed by atoms with Gasteiger partial charge in [0, 0.05) is 14.1 Å². The minimum atomic E-state index is -3.66. The van der Waals surface area contributed by atoms with Gasteiger partial charge in [-0.15, -0.1) is 5.10 Å². The Morgan fingerprint density at radius 3 is 2.42 bits per heavy atom. The van der Waals surface area contributed by atoms with E-state index in [1.807, 2.05) is 38.1 Å². The zero-order valence-corrected chi connectivity index (χ0v) is 18.9. The average Bonchev–Trinajstić information content (AvgIpc) is 3.08. The number of anilines is 1. The van der Waals surface area contributed by atoms with Gasteiger partial charge in [-0.05, 0) is 44.2 Å². The van der Waals surface area contributed by atoms with E-state index < -0.39 is 10.0 Å². The molecular weight excluding hydrogens is 418 g/mol. The van der Waals surface area contributed by atoms with E-state index in [-0.39, 0.29) is 22.9 Å². The van der Waals surface area contributed by atoms with Crippen molar-refractivity contribution in [3.05, 3.63) is 59.4 Å². The van der Waals surface area contributed by atoms with Gasteiger partial charge in [-0.2, -0.15) is 0 Å². The molecule has 1 N–H and O–H groups in total. The predicted molar refractivity (Wildman–Crippen MR) is 117 cm³/mol. The van der Waals surface area contributed by atoms with Crippen LogP contribution in [0, 0.1) is 13.8 Å². The molecular formula is C21H25N5O4S. The lowest BCUT2D eigenvalue weighted by molar-refractivity contribution is -0.115. The molecule has 0 aliphatic heterocycles. The molecule has 0 radical (unpaired) electrons. The Morgan fingerprint density at radius 1 is 1.13 bits per heavy atom. The van der Waals surface area contributed by atoms with E-state index in [0.29, 0.717) is 11.4 Å². The molecule has 0 aliphatic rings. The van der Waals surface area contributed by atoms with Crippen LogP contribution in [0.3, 0.4) is 0 Å². The number of hydrogen-bond donors (Lipinski definition) is 1. The van der Waals surface area contributed by atoms with Gasteiger partial charge in [0.25, 0.3) is 0 Å². The van der Waals surface area contributed by atoms with E-state index in [0.717, 1.165) is 21.2 Å². The van der Waals surface area contributed by atoms with Gasteiger partial charge < -0.3 is 10.1 Å². The van der Waals surface area contributed by atoms with Gasteiger partial charge in [0.2, 0.25) is 15.9 Å². The molecule has 2 aromatic carbocycles. The maximum atomic E-state index is 12.7. The molecule has 3 rings (SSSR count). The lowest BCUT2D eigenvalue weighted by Gasteiger charge is -2.15. The van der Waals surface area contributed by atoms with E-state index in [1.54, 1.807) is 4.68 Å². The monoisotopic (exact) mass is 443 g/mol. The number of hydrogen-bond acceptors (Lipinski definition) is 6. The van der Waals surface area contributed by atoms with Crippen molar-refractivity contribution in [2.24, 2.45) is 0 Å². The number of carbonyl (C=O) groups is 1. The van der Waals surface area contributed by atoms with Crippen LogP contribution in [-0.2, 0) is 21.2 Å². The zero-order valence-electron chi connectivity index (χ0n) is 18.1. The summed E-state index contributed by atoms with van der Waals surface area (Å²) in [6, 6.07) is 12.1. The molecule has 1 heterocycles. The summed E-state index contributed by atoms with van der Waals surface area (Å²) in [7, 11) is 0.676. The third-order valence-corrected chi connectivity index (χ3v) is 6.63. The number of amides is 1. The summed E-state index contributed by atoms with van der Waals surface area (Å²) < 4.78 is 32.9. The molecule has 0 spiro atoms. The maximum absolute atomic E-state index is 12.7. The average molecular weight is 444 g/mol. The van der Waals surface area contributed by atoms with Crippen molar-refractivity contribution in [3.63, 3.8) is 0 Å². The number of nitrogens with zero attached hydrogens (tertiary/aromatic N) is 4. The van der Waals surface area contributed by atoms with Gasteiger partial charge in [-0.3, -0.25) is 4.79 Å². The third kappa shape index (κ3) is 4.75. The van der Waals surface area contributed by atoms with Gasteiger partial charge in [0.15, 0.2) is 0 Å². The van der Waals surface area contributed by atoms with Crippen molar-refractivity contribution >= 4 is 21.6 Å². The fourth-order valence-electron chi connectivity index (χ4n) is 2.96. The number of aryl methyl sites for hydroxylation is 1. The lowest BCUT2D eigenvalue weighted by atomic mass is 10.2. The van der Waals surface area contributed by atoms with Crippen LogP contribution in [0.2, 0.25) is 0 Å². The number of carbonyl (C=O) groups excluding carboxylic acids is 1. The van der Waals surface area contributed by atoms with Crippen molar-refractivity contribution in [3.8, 4) is 11.4 Å². The summed E-state index contributed by atoms with van der Waals surface area (Å²) >= 11 is 0. The molecule has 0 unspecified atom stereocenters. The topological polar surface area (TPSA) is 106 Å². The highest BCUT2D eigenvalue weighted by Crippen LogP contribution is 2.28. The molecule has 10 heteroatoms. The van der Waals surface area contributed by atoms with Crippen LogP contribution >= 0.6 is 0 Å². The molecule has 1 amide bonds. The first-order chi connectivity index (χ1) is 14.6. The van der Waals surface area contributed by atoms with Crippen molar-refractivity contribution in [1.29, 1.82) is 0 Å².